The first-order valence-corrected chi connectivity index (χ1v) is 10.6. The molecule has 2 aliphatic heterocycles. The molecule has 3 aromatic carbocycles. The van der Waals surface area contributed by atoms with Gasteiger partial charge in [-0.15, -0.1) is 0 Å². The fourth-order valence-electron chi connectivity index (χ4n) is 5.27. The molecule has 0 aliphatic carbocycles. The lowest BCUT2D eigenvalue weighted by Crippen LogP contribution is -2.54. The van der Waals surface area contributed by atoms with Crippen LogP contribution in [0.2, 0.25) is 0 Å². The van der Waals surface area contributed by atoms with Crippen LogP contribution < -0.4 is 10.1 Å². The second kappa shape index (κ2) is 7.97. The number of carbonyl (C=O) groups excluding carboxylic acids is 1. The minimum absolute atomic E-state index is 0.120. The first-order valence-electron chi connectivity index (χ1n) is 10.6. The van der Waals surface area contributed by atoms with Crippen molar-refractivity contribution in [2.75, 3.05) is 18.9 Å². The zero-order chi connectivity index (χ0) is 23.2. The fourth-order valence-corrected chi connectivity index (χ4v) is 5.27. The average Bonchev–Trinajstić information content (AvgIpc) is 3.28. The van der Waals surface area contributed by atoms with Gasteiger partial charge in [-0.3, -0.25) is 19.8 Å². The molecule has 2 heterocycles. The van der Waals surface area contributed by atoms with Crippen molar-refractivity contribution in [3.63, 3.8) is 0 Å². The molecule has 168 valence electrons. The van der Waals surface area contributed by atoms with Crippen LogP contribution in [0.3, 0.4) is 0 Å². The van der Waals surface area contributed by atoms with Crippen molar-refractivity contribution in [3.8, 4) is 5.75 Å². The van der Waals surface area contributed by atoms with Gasteiger partial charge in [0.2, 0.25) is 0 Å². The van der Waals surface area contributed by atoms with Gasteiger partial charge >= 0.3 is 0 Å². The van der Waals surface area contributed by atoms with Gasteiger partial charge in [0.1, 0.15) is 18.2 Å². The van der Waals surface area contributed by atoms with Gasteiger partial charge in [0.25, 0.3) is 11.9 Å². The van der Waals surface area contributed by atoms with E-state index in [4.69, 9.17) is 4.74 Å². The summed E-state index contributed by atoms with van der Waals surface area (Å²) in [4.78, 5) is 27.2. The molecule has 0 unspecified atom stereocenters. The molecule has 5 rings (SSSR count). The second-order valence-electron chi connectivity index (χ2n) is 8.44. The maximum Gasteiger partial charge on any atom is 0.256 e. The minimum Gasteiger partial charge on any atom is -0.489 e. The van der Waals surface area contributed by atoms with Crippen LogP contribution in [-0.4, -0.2) is 35.4 Å². The largest absolute Gasteiger partial charge is 0.489 e. The minimum atomic E-state index is -1.42. The number of likely N-dealkylation sites (N-methyl/N-ethyl adjacent to an activating group) is 1. The highest BCUT2D eigenvalue weighted by molar-refractivity contribution is 6.06. The summed E-state index contributed by atoms with van der Waals surface area (Å²) in [5.74, 6) is -0.863. The molecule has 0 aromatic heterocycles. The van der Waals surface area contributed by atoms with Gasteiger partial charge in [-0.1, -0.05) is 48.5 Å². The van der Waals surface area contributed by atoms with E-state index in [-0.39, 0.29) is 17.3 Å². The van der Waals surface area contributed by atoms with Crippen molar-refractivity contribution in [2.24, 2.45) is 0 Å². The normalized spacial score (nSPS) is 24.0. The number of ether oxygens (including phenoxy) is 1. The summed E-state index contributed by atoms with van der Waals surface area (Å²) in [6.45, 7) is 0.419. The lowest BCUT2D eigenvalue weighted by molar-refractivity contribution is -0.534. The zero-order valence-electron chi connectivity index (χ0n) is 17.9. The molecule has 8 heteroatoms. The highest BCUT2D eigenvalue weighted by Gasteiger charge is 2.68. The number of rotatable bonds is 5. The van der Waals surface area contributed by atoms with Gasteiger partial charge in [0.05, 0.1) is 5.92 Å². The van der Waals surface area contributed by atoms with Crippen LogP contribution in [0.5, 0.6) is 5.75 Å². The topological polar surface area (TPSA) is 84.7 Å². The molecule has 33 heavy (non-hydrogen) atoms. The maximum absolute atomic E-state index is 13.6. The Morgan fingerprint density at radius 2 is 1.91 bits per heavy atom. The Bertz CT molecular complexity index is 1250. The third-order valence-electron chi connectivity index (χ3n) is 6.64. The first-order chi connectivity index (χ1) is 15.9. The molecule has 3 atom stereocenters. The molecule has 0 radical (unpaired) electrons. The number of nitro groups is 1. The summed E-state index contributed by atoms with van der Waals surface area (Å²) in [5, 5.41) is 15.3. The average molecular weight is 447 g/mol. The SMILES string of the molecule is CN1C[C@H](c2ccccc2OCc2cccc(F)c2)[C@@H]([N+](=O)[O-])[C@@]12C(=O)Nc1ccccc12. The summed E-state index contributed by atoms with van der Waals surface area (Å²) in [6.07, 6.45) is 0. The number of benzene rings is 3. The van der Waals surface area contributed by atoms with Crippen molar-refractivity contribution >= 4 is 11.6 Å². The van der Waals surface area contributed by atoms with Crippen molar-refractivity contribution in [2.45, 2.75) is 24.1 Å². The molecule has 0 bridgehead atoms. The van der Waals surface area contributed by atoms with Crippen LogP contribution in [0.1, 0.15) is 22.6 Å². The van der Waals surface area contributed by atoms with Crippen LogP contribution in [0.15, 0.2) is 72.8 Å². The van der Waals surface area contributed by atoms with Crippen LogP contribution in [-0.2, 0) is 16.9 Å². The van der Waals surface area contributed by atoms with E-state index >= 15 is 0 Å². The number of fused-ring (bicyclic) bond motifs is 2. The number of nitrogens with one attached hydrogen (secondary N) is 1. The predicted octanol–water partition coefficient (Wildman–Crippen LogP) is 3.93. The summed E-state index contributed by atoms with van der Waals surface area (Å²) in [7, 11) is 1.74. The van der Waals surface area contributed by atoms with Gasteiger partial charge < -0.3 is 10.1 Å². The molecule has 0 saturated carbocycles. The molecule has 3 aromatic rings. The molecule has 1 N–H and O–H groups in total. The van der Waals surface area contributed by atoms with Crippen LogP contribution >= 0.6 is 0 Å². The molecular weight excluding hydrogens is 425 g/mol. The van der Waals surface area contributed by atoms with Crippen LogP contribution in [0, 0.1) is 15.9 Å². The van der Waals surface area contributed by atoms with E-state index in [9.17, 15) is 19.3 Å². The highest BCUT2D eigenvalue weighted by atomic mass is 19.1. The third kappa shape index (κ3) is 3.25. The van der Waals surface area contributed by atoms with E-state index in [1.54, 1.807) is 72.6 Å². The van der Waals surface area contributed by atoms with E-state index in [0.717, 1.165) is 0 Å². The molecule has 2 aliphatic rings. The quantitative estimate of drug-likeness (QED) is 0.473. The smallest absolute Gasteiger partial charge is 0.256 e. The summed E-state index contributed by atoms with van der Waals surface area (Å²) in [5.41, 5.74) is 1.09. The summed E-state index contributed by atoms with van der Waals surface area (Å²) < 4.78 is 19.5. The molecule has 1 spiro atoms. The summed E-state index contributed by atoms with van der Waals surface area (Å²) in [6, 6.07) is 19.1. The number of carbonyl (C=O) groups is 1. The van der Waals surface area contributed by atoms with E-state index in [2.05, 4.69) is 5.32 Å². The van der Waals surface area contributed by atoms with Crippen molar-refractivity contribution in [1.82, 2.24) is 4.90 Å². The van der Waals surface area contributed by atoms with Crippen molar-refractivity contribution in [3.05, 3.63) is 105 Å². The van der Waals surface area contributed by atoms with E-state index < -0.39 is 23.4 Å². The third-order valence-corrected chi connectivity index (χ3v) is 6.64. The van der Waals surface area contributed by atoms with Crippen molar-refractivity contribution < 1.29 is 18.8 Å². The summed E-state index contributed by atoms with van der Waals surface area (Å²) >= 11 is 0. The number of hydrogen-bond acceptors (Lipinski definition) is 5. The Morgan fingerprint density at radius 3 is 2.70 bits per heavy atom. The number of likely N-dealkylation sites (tertiary alicyclic amines) is 1. The number of halogens is 1. The highest BCUT2D eigenvalue weighted by Crippen LogP contribution is 2.52. The molecule has 1 amide bonds. The Labute approximate surface area is 189 Å². The Morgan fingerprint density at radius 1 is 1.15 bits per heavy atom. The lowest BCUT2D eigenvalue weighted by Gasteiger charge is -2.30. The number of nitrogens with zero attached hydrogens (tertiary/aromatic N) is 2. The second-order valence-corrected chi connectivity index (χ2v) is 8.44. The Hall–Kier alpha value is -3.78. The Kier molecular flexibility index (Phi) is 5.09. The molecule has 7 nitrogen and oxygen atoms in total. The standard InChI is InChI=1S/C25H22FN3O4/c1-28-14-19(18-9-2-5-12-22(18)33-15-16-7-6-8-17(26)13-16)23(29(31)32)25(28)20-10-3-4-11-21(20)27-24(25)30/h2-13,19,23H,14-15H2,1H3,(H,27,30)/t19-,23-,25+/m1/s1. The molecular formula is C25H22FN3O4. The van der Waals surface area contributed by atoms with Gasteiger partial charge in [-0.05, 0) is 36.9 Å². The van der Waals surface area contributed by atoms with Gasteiger partial charge in [0.15, 0.2) is 5.54 Å². The van der Waals surface area contributed by atoms with Gasteiger partial charge in [0, 0.05) is 28.3 Å². The fraction of sp³-hybridized carbons (Fsp3) is 0.240. The maximum atomic E-state index is 13.6. The lowest BCUT2D eigenvalue weighted by atomic mass is 9.79. The van der Waals surface area contributed by atoms with Crippen LogP contribution in [0.4, 0.5) is 10.1 Å². The number of amides is 1. The van der Waals surface area contributed by atoms with Gasteiger partial charge in [-0.25, -0.2) is 4.39 Å². The van der Waals surface area contributed by atoms with E-state index in [0.29, 0.717) is 34.7 Å². The zero-order valence-corrected chi connectivity index (χ0v) is 17.9. The van der Waals surface area contributed by atoms with Gasteiger partial charge in [-0.2, -0.15) is 0 Å². The first kappa shape index (κ1) is 21.1. The number of anilines is 1. The molecule has 1 saturated heterocycles. The predicted molar refractivity (Wildman–Crippen MR) is 120 cm³/mol. The van der Waals surface area contributed by atoms with E-state index in [1.807, 2.05) is 0 Å². The van der Waals surface area contributed by atoms with Crippen molar-refractivity contribution in [1.29, 1.82) is 0 Å². The monoisotopic (exact) mass is 447 g/mol. The van der Waals surface area contributed by atoms with Crippen LogP contribution in [0.25, 0.3) is 0 Å². The van der Waals surface area contributed by atoms with E-state index in [1.165, 1.54) is 12.1 Å². The molecule has 1 fully saturated rings. The number of para-hydroxylation sites is 2. The Balaban J connectivity index is 1.55. The number of hydrogen-bond donors (Lipinski definition) is 1.